The molecule has 1 atom stereocenters. The normalized spacial score (nSPS) is 12.9. The number of primary amides is 1. The molecule has 0 fully saturated rings. The molecular weight excluding hydrogens is 452 g/mol. The molecule has 0 saturated carbocycles. The van der Waals surface area contributed by atoms with Crippen molar-refractivity contribution in [2.24, 2.45) is 5.73 Å². The van der Waals surface area contributed by atoms with Crippen LogP contribution in [0.25, 0.3) is 0 Å². The Bertz CT molecular complexity index is 1180. The highest BCUT2D eigenvalue weighted by Gasteiger charge is 2.33. The fraction of sp³-hybridized carbons (Fsp3) is 0.286. The molecule has 0 aromatic heterocycles. The van der Waals surface area contributed by atoms with Crippen molar-refractivity contribution in [2.75, 3.05) is 0 Å². The number of nitrogens with one attached hydrogen (secondary N) is 2. The summed E-state index contributed by atoms with van der Waals surface area (Å²) >= 11 is 0. The van der Waals surface area contributed by atoms with E-state index in [2.05, 4.69) is 5.32 Å². The van der Waals surface area contributed by atoms with Crippen molar-refractivity contribution in [1.82, 2.24) is 10.0 Å². The maximum atomic E-state index is 12.5. The number of hydrogen-bond donors (Lipinski definition) is 3. The topological polar surface area (TPSA) is 179 Å². The van der Waals surface area contributed by atoms with Crippen molar-refractivity contribution in [3.05, 3.63) is 69.8 Å². The van der Waals surface area contributed by atoms with Crippen LogP contribution in [0.4, 0.5) is 5.69 Å². The number of rotatable bonds is 10. The molecule has 0 radical (unpaired) electrons. The van der Waals surface area contributed by atoms with Crippen LogP contribution in [0.5, 0.6) is 0 Å². The van der Waals surface area contributed by atoms with Crippen molar-refractivity contribution >= 4 is 33.4 Å². The van der Waals surface area contributed by atoms with Gasteiger partial charge in [-0.3, -0.25) is 24.5 Å². The quantitative estimate of drug-likeness (QED) is 0.337. The molecule has 0 aliphatic carbocycles. The summed E-state index contributed by atoms with van der Waals surface area (Å²) in [5, 5.41) is 13.4. The highest BCUT2D eigenvalue weighted by Crippen LogP contribution is 2.18. The second-order valence-electron chi connectivity index (χ2n) is 7.65. The van der Waals surface area contributed by atoms with E-state index in [1.165, 1.54) is 49.4 Å². The van der Waals surface area contributed by atoms with Crippen molar-refractivity contribution in [3.8, 4) is 0 Å². The predicted octanol–water partition coefficient (Wildman–Crippen LogP) is 0.955. The van der Waals surface area contributed by atoms with Gasteiger partial charge in [0.2, 0.25) is 17.7 Å². The molecule has 0 aliphatic rings. The van der Waals surface area contributed by atoms with E-state index in [-0.39, 0.29) is 29.8 Å². The fourth-order valence-corrected chi connectivity index (χ4v) is 4.14. The second-order valence-corrected chi connectivity index (χ2v) is 9.34. The molecule has 2 aromatic carbocycles. The predicted molar refractivity (Wildman–Crippen MR) is 118 cm³/mol. The lowest BCUT2D eigenvalue weighted by Gasteiger charge is -2.27. The number of benzene rings is 2. The van der Waals surface area contributed by atoms with E-state index in [1.807, 2.05) is 4.72 Å². The molecule has 0 spiro atoms. The standard InChI is InChI=1S/C21H24N4O7S/c1-14(26)24-33(31,32)18-5-3-4-15(12-18)8-11-19(27)23-21(2,20(22)28)13-16-6-9-17(10-7-16)25(29)30/h3-7,9-10,12H,8,11,13H2,1-2H3,(H2,22,28)(H,23,27)(H,24,26)/t21-/m0/s1. The summed E-state index contributed by atoms with van der Waals surface area (Å²) in [7, 11) is -4.01. The average molecular weight is 477 g/mol. The summed E-state index contributed by atoms with van der Waals surface area (Å²) in [6, 6.07) is 11.3. The van der Waals surface area contributed by atoms with Crippen LogP contribution >= 0.6 is 0 Å². The number of sulfonamides is 1. The minimum Gasteiger partial charge on any atom is -0.368 e. The Morgan fingerprint density at radius 1 is 1.09 bits per heavy atom. The van der Waals surface area contributed by atoms with E-state index in [4.69, 9.17) is 5.73 Å². The smallest absolute Gasteiger partial charge is 0.269 e. The van der Waals surface area contributed by atoms with Gasteiger partial charge in [-0.15, -0.1) is 0 Å². The van der Waals surface area contributed by atoms with Gasteiger partial charge in [-0.25, -0.2) is 13.1 Å². The lowest BCUT2D eigenvalue weighted by Crippen LogP contribution is -2.56. The van der Waals surface area contributed by atoms with Crippen LogP contribution in [-0.4, -0.2) is 36.6 Å². The summed E-state index contributed by atoms with van der Waals surface area (Å²) in [6.07, 6.45) is 0.130. The number of carbonyl (C=O) groups is 3. The third kappa shape index (κ3) is 7.10. The van der Waals surface area contributed by atoms with Gasteiger partial charge in [-0.1, -0.05) is 24.3 Å². The molecule has 3 amide bonds. The van der Waals surface area contributed by atoms with Crippen molar-refractivity contribution in [1.29, 1.82) is 0 Å². The number of amides is 3. The lowest BCUT2D eigenvalue weighted by molar-refractivity contribution is -0.384. The molecule has 0 heterocycles. The van der Waals surface area contributed by atoms with Gasteiger partial charge in [-0.05, 0) is 36.6 Å². The Kier molecular flexibility index (Phi) is 7.88. The van der Waals surface area contributed by atoms with Crippen LogP contribution in [0.1, 0.15) is 31.4 Å². The van der Waals surface area contributed by atoms with Crippen LogP contribution in [0.2, 0.25) is 0 Å². The molecule has 2 aromatic rings. The molecule has 176 valence electrons. The lowest BCUT2D eigenvalue weighted by atomic mass is 9.91. The van der Waals surface area contributed by atoms with Gasteiger partial charge >= 0.3 is 0 Å². The van der Waals surface area contributed by atoms with Crippen LogP contribution < -0.4 is 15.8 Å². The number of hydrogen-bond acceptors (Lipinski definition) is 7. The van der Waals surface area contributed by atoms with Gasteiger partial charge in [-0.2, -0.15) is 0 Å². The first-order chi connectivity index (χ1) is 15.3. The molecule has 11 nitrogen and oxygen atoms in total. The van der Waals surface area contributed by atoms with Gasteiger partial charge in [0.15, 0.2) is 0 Å². The molecule has 2 rings (SSSR count). The first kappa shape index (κ1) is 25.5. The summed E-state index contributed by atoms with van der Waals surface area (Å²) in [6.45, 7) is 2.54. The first-order valence-corrected chi connectivity index (χ1v) is 11.3. The van der Waals surface area contributed by atoms with E-state index < -0.39 is 38.2 Å². The van der Waals surface area contributed by atoms with Crippen LogP contribution in [0.15, 0.2) is 53.4 Å². The average Bonchev–Trinajstić information content (AvgIpc) is 2.72. The minimum absolute atomic E-state index is 0.0243. The number of nitrogens with two attached hydrogens (primary N) is 1. The maximum absolute atomic E-state index is 12.5. The Morgan fingerprint density at radius 2 is 1.73 bits per heavy atom. The van der Waals surface area contributed by atoms with Gasteiger partial charge in [0, 0.05) is 31.9 Å². The molecule has 4 N–H and O–H groups in total. The largest absolute Gasteiger partial charge is 0.368 e. The third-order valence-corrected chi connectivity index (χ3v) is 6.22. The second kappa shape index (κ2) is 10.2. The summed E-state index contributed by atoms with van der Waals surface area (Å²) in [5.41, 5.74) is 5.05. The zero-order valence-electron chi connectivity index (χ0n) is 18.0. The highest BCUT2D eigenvalue weighted by molar-refractivity contribution is 7.90. The maximum Gasteiger partial charge on any atom is 0.269 e. The number of non-ortho nitro benzene ring substituents is 1. The fourth-order valence-electron chi connectivity index (χ4n) is 3.08. The zero-order chi connectivity index (χ0) is 24.8. The van der Waals surface area contributed by atoms with E-state index in [1.54, 1.807) is 6.07 Å². The number of carbonyl (C=O) groups excluding carboxylic acids is 3. The Morgan fingerprint density at radius 3 is 2.27 bits per heavy atom. The Balaban J connectivity index is 2.07. The van der Waals surface area contributed by atoms with Crippen LogP contribution in [0.3, 0.4) is 0 Å². The number of nitro benzene ring substituents is 1. The molecule has 0 aliphatic heterocycles. The molecule has 0 unspecified atom stereocenters. The Labute approximate surface area is 190 Å². The van der Waals surface area contributed by atoms with E-state index >= 15 is 0 Å². The zero-order valence-corrected chi connectivity index (χ0v) is 18.8. The number of aryl methyl sites for hydroxylation is 1. The Hall–Kier alpha value is -3.80. The summed E-state index contributed by atoms with van der Waals surface area (Å²) in [4.78, 5) is 45.8. The minimum atomic E-state index is -4.01. The molecule has 0 bridgehead atoms. The molecular formula is C21H24N4O7S. The van der Waals surface area contributed by atoms with Gasteiger partial charge < -0.3 is 11.1 Å². The van der Waals surface area contributed by atoms with Crippen molar-refractivity contribution in [3.63, 3.8) is 0 Å². The number of nitrogens with zero attached hydrogens (tertiary/aromatic N) is 1. The van der Waals surface area contributed by atoms with E-state index in [0.717, 1.165) is 6.92 Å². The summed E-state index contributed by atoms with van der Waals surface area (Å²) in [5.74, 6) is -2.00. The first-order valence-electron chi connectivity index (χ1n) is 9.79. The van der Waals surface area contributed by atoms with Crippen LogP contribution in [-0.2, 0) is 37.2 Å². The van der Waals surface area contributed by atoms with E-state index in [9.17, 15) is 32.9 Å². The summed E-state index contributed by atoms with van der Waals surface area (Å²) < 4.78 is 26.1. The van der Waals surface area contributed by atoms with Crippen molar-refractivity contribution < 1.29 is 27.7 Å². The van der Waals surface area contributed by atoms with Gasteiger partial charge in [0.05, 0.1) is 9.82 Å². The van der Waals surface area contributed by atoms with E-state index in [0.29, 0.717) is 11.1 Å². The highest BCUT2D eigenvalue weighted by atomic mass is 32.2. The third-order valence-electron chi connectivity index (χ3n) is 4.79. The molecule has 12 heteroatoms. The van der Waals surface area contributed by atoms with Crippen molar-refractivity contribution in [2.45, 2.75) is 43.5 Å². The van der Waals surface area contributed by atoms with Crippen LogP contribution in [0, 0.1) is 10.1 Å². The van der Waals surface area contributed by atoms with Gasteiger partial charge in [0.25, 0.3) is 15.7 Å². The SMILES string of the molecule is CC(=O)NS(=O)(=O)c1cccc(CCC(=O)N[C@@](C)(Cc2ccc([N+](=O)[O-])cc2)C(N)=O)c1. The number of nitro groups is 1. The van der Waals surface area contributed by atoms with Gasteiger partial charge in [0.1, 0.15) is 5.54 Å². The molecule has 0 saturated heterocycles. The monoisotopic (exact) mass is 476 g/mol. The molecule has 33 heavy (non-hydrogen) atoms.